The molecule has 4 N–H and O–H groups in total. The molecule has 2 heterocycles. The third-order valence-corrected chi connectivity index (χ3v) is 15.3. The molecule has 0 radical (unpaired) electrons. The summed E-state index contributed by atoms with van der Waals surface area (Å²) < 4.78 is 12.4. The lowest BCUT2D eigenvalue weighted by Gasteiger charge is -2.39. The highest BCUT2D eigenvalue weighted by molar-refractivity contribution is 6.91. The lowest BCUT2D eigenvalue weighted by Crippen LogP contribution is -2.52. The molecule has 0 unspecified atom stereocenters. The number of aliphatic hydroxyl groups is 1. The Bertz CT molecular complexity index is 1790. The van der Waals surface area contributed by atoms with Crippen LogP contribution in [-0.4, -0.2) is 61.9 Å². The zero-order valence-corrected chi connectivity index (χ0v) is 30.5. The van der Waals surface area contributed by atoms with Gasteiger partial charge in [-0.1, -0.05) is 73.7 Å². The van der Waals surface area contributed by atoms with Crippen molar-refractivity contribution in [3.63, 3.8) is 0 Å². The first-order valence-electron chi connectivity index (χ1n) is 17.6. The first-order chi connectivity index (χ1) is 24.1. The summed E-state index contributed by atoms with van der Waals surface area (Å²) in [6, 6.07) is 31.2. The van der Waals surface area contributed by atoms with E-state index in [1.165, 1.54) is 10.8 Å². The molecule has 4 aromatic carbocycles. The minimum atomic E-state index is -2.18. The highest BCUT2D eigenvalue weighted by Gasteiger charge is 2.51. The van der Waals surface area contributed by atoms with Crippen LogP contribution in [0.15, 0.2) is 97.1 Å². The van der Waals surface area contributed by atoms with Gasteiger partial charge in [-0.2, -0.15) is 0 Å². The number of fused-ring (bicyclic) bond motifs is 1. The lowest BCUT2D eigenvalue weighted by atomic mass is 9.93. The number of nitrogen functional groups attached to an aromatic ring is 1. The summed E-state index contributed by atoms with van der Waals surface area (Å²) in [7, 11) is -0.497. The number of aryl methyl sites for hydroxylation is 1. The molecular formula is C41H49N3O5Si. The van der Waals surface area contributed by atoms with Gasteiger partial charge in [0.2, 0.25) is 5.91 Å². The van der Waals surface area contributed by atoms with Gasteiger partial charge in [0.05, 0.1) is 46.5 Å². The number of hydrogen-bond acceptors (Lipinski definition) is 6. The predicted octanol–water partition coefficient (Wildman–Crippen LogP) is 6.19. The molecular weight excluding hydrogens is 643 g/mol. The minimum absolute atomic E-state index is 0.0329. The van der Waals surface area contributed by atoms with Crippen LogP contribution in [0.1, 0.15) is 46.8 Å². The Morgan fingerprint density at radius 3 is 2.38 bits per heavy atom. The number of carbonyl (C=O) groups is 2. The second kappa shape index (κ2) is 15.2. The zero-order chi connectivity index (χ0) is 35.4. The van der Waals surface area contributed by atoms with E-state index in [0.29, 0.717) is 24.2 Å². The van der Waals surface area contributed by atoms with Crippen LogP contribution in [0.2, 0.25) is 18.6 Å². The highest BCUT2D eigenvalue weighted by atomic mass is 28.3. The number of benzene rings is 4. The van der Waals surface area contributed by atoms with Crippen molar-refractivity contribution in [3.8, 4) is 5.75 Å². The van der Waals surface area contributed by atoms with Gasteiger partial charge in [0.25, 0.3) is 5.91 Å². The Balaban J connectivity index is 1.20. The third-order valence-electron chi connectivity index (χ3n) is 10.9. The molecule has 2 aliphatic rings. The number of aliphatic hydroxyl groups excluding tert-OH is 1. The Kier molecular flexibility index (Phi) is 10.8. The van der Waals surface area contributed by atoms with Gasteiger partial charge in [0.1, 0.15) is 5.75 Å². The molecule has 0 aliphatic carbocycles. The molecule has 1 fully saturated rings. The molecule has 0 saturated carbocycles. The third kappa shape index (κ3) is 7.65. The van der Waals surface area contributed by atoms with Crippen molar-refractivity contribution < 1.29 is 24.2 Å². The van der Waals surface area contributed by atoms with Gasteiger partial charge in [0.15, 0.2) is 0 Å². The molecule has 2 aliphatic heterocycles. The number of carbonyl (C=O) groups excluding carboxylic acids is 2. The molecule has 0 aromatic heterocycles. The minimum Gasteiger partial charge on any atom is -0.497 e. The van der Waals surface area contributed by atoms with Crippen molar-refractivity contribution in [2.75, 3.05) is 24.8 Å². The van der Waals surface area contributed by atoms with Crippen molar-refractivity contribution in [2.24, 2.45) is 5.92 Å². The molecule has 8 nitrogen and oxygen atoms in total. The average molecular weight is 692 g/mol. The predicted molar refractivity (Wildman–Crippen MR) is 201 cm³/mol. The first kappa shape index (κ1) is 35.4. The molecule has 5 atom stereocenters. The number of nitrogens with two attached hydrogens (primary N) is 1. The lowest BCUT2D eigenvalue weighted by molar-refractivity contribution is -0.138. The van der Waals surface area contributed by atoms with Crippen LogP contribution < -0.4 is 21.0 Å². The Labute approximate surface area is 296 Å². The van der Waals surface area contributed by atoms with Gasteiger partial charge in [-0.25, -0.2) is 0 Å². The SMILES string of the molecule is COc1ccc([Si](C)(C)[C@H]2[C@H](C)[C@H](CCc3cccc(NC(=O)c4ccc(N)cc4)c3)O[C@@H]2CC(=O)N2Cc3ccccc3C[C@H]2CO)cc1. The quantitative estimate of drug-likeness (QED) is 0.128. The summed E-state index contributed by atoms with van der Waals surface area (Å²) in [5.74, 6) is 0.897. The number of ether oxygens (including phenoxy) is 2. The van der Waals surface area contributed by atoms with E-state index in [2.05, 4.69) is 55.7 Å². The summed E-state index contributed by atoms with van der Waals surface area (Å²) in [4.78, 5) is 28.9. The van der Waals surface area contributed by atoms with Crippen LogP contribution in [0, 0.1) is 5.92 Å². The smallest absolute Gasteiger partial charge is 0.255 e. The van der Waals surface area contributed by atoms with Gasteiger partial charge < -0.3 is 30.5 Å². The number of nitrogens with one attached hydrogen (secondary N) is 1. The van der Waals surface area contributed by atoms with E-state index in [1.54, 1.807) is 31.4 Å². The number of methoxy groups -OCH3 is 1. The molecule has 0 spiro atoms. The molecule has 50 heavy (non-hydrogen) atoms. The second-order valence-electron chi connectivity index (χ2n) is 14.4. The van der Waals surface area contributed by atoms with E-state index in [4.69, 9.17) is 15.2 Å². The molecule has 9 heteroatoms. The summed E-state index contributed by atoms with van der Waals surface area (Å²) in [5, 5.41) is 14.6. The van der Waals surface area contributed by atoms with Gasteiger partial charge in [-0.15, -0.1) is 0 Å². The average Bonchev–Trinajstić information content (AvgIpc) is 3.44. The van der Waals surface area contributed by atoms with Crippen molar-refractivity contribution in [1.82, 2.24) is 4.90 Å². The largest absolute Gasteiger partial charge is 0.497 e. The van der Waals surface area contributed by atoms with Crippen molar-refractivity contribution in [2.45, 2.75) is 76.0 Å². The maximum absolute atomic E-state index is 14.2. The van der Waals surface area contributed by atoms with Crippen LogP contribution in [0.5, 0.6) is 5.75 Å². The molecule has 6 rings (SSSR count). The molecule has 0 bridgehead atoms. The number of hydrogen-bond donors (Lipinski definition) is 3. The monoisotopic (exact) mass is 691 g/mol. The van der Waals surface area contributed by atoms with Crippen LogP contribution in [-0.2, 0) is 28.9 Å². The van der Waals surface area contributed by atoms with Gasteiger partial charge >= 0.3 is 0 Å². The zero-order valence-electron chi connectivity index (χ0n) is 29.5. The van der Waals surface area contributed by atoms with Crippen LogP contribution in [0.4, 0.5) is 11.4 Å². The summed E-state index contributed by atoms with van der Waals surface area (Å²) >= 11 is 0. The topological polar surface area (TPSA) is 114 Å². The van der Waals surface area contributed by atoms with E-state index >= 15 is 0 Å². The van der Waals surface area contributed by atoms with Crippen molar-refractivity contribution >= 4 is 36.4 Å². The van der Waals surface area contributed by atoms with Gasteiger partial charge in [0, 0.05) is 23.5 Å². The maximum atomic E-state index is 14.2. The van der Waals surface area contributed by atoms with Gasteiger partial charge in [-0.05, 0) is 95.9 Å². The fourth-order valence-electron chi connectivity index (χ4n) is 8.13. The maximum Gasteiger partial charge on any atom is 0.255 e. The first-order valence-corrected chi connectivity index (χ1v) is 20.7. The Morgan fingerprint density at radius 1 is 0.960 bits per heavy atom. The van der Waals surface area contributed by atoms with Crippen LogP contribution >= 0.6 is 0 Å². The van der Waals surface area contributed by atoms with Crippen molar-refractivity contribution in [1.29, 1.82) is 0 Å². The van der Waals surface area contributed by atoms with E-state index in [9.17, 15) is 14.7 Å². The molecule has 1 saturated heterocycles. The van der Waals surface area contributed by atoms with Crippen LogP contribution in [0.25, 0.3) is 0 Å². The summed E-state index contributed by atoms with van der Waals surface area (Å²) in [6.45, 7) is 7.50. The fourth-order valence-corrected chi connectivity index (χ4v) is 12.2. The fraction of sp³-hybridized carbons (Fsp3) is 0.366. The Hall–Kier alpha value is -4.44. The van der Waals surface area contributed by atoms with Gasteiger partial charge in [-0.3, -0.25) is 9.59 Å². The van der Waals surface area contributed by atoms with E-state index in [1.807, 2.05) is 47.4 Å². The number of anilines is 2. The molecule has 2 amide bonds. The summed E-state index contributed by atoms with van der Waals surface area (Å²) in [6.07, 6.45) is 2.22. The second-order valence-corrected chi connectivity index (χ2v) is 19.1. The van der Waals surface area contributed by atoms with Crippen molar-refractivity contribution in [3.05, 3.63) is 119 Å². The number of amides is 2. The number of nitrogens with zero attached hydrogens (tertiary/aromatic N) is 1. The molecule has 4 aromatic rings. The number of rotatable bonds is 11. The summed E-state index contributed by atoms with van der Waals surface area (Å²) in [5.41, 5.74) is 11.3. The van der Waals surface area contributed by atoms with Crippen LogP contribution in [0.3, 0.4) is 0 Å². The van der Waals surface area contributed by atoms with E-state index in [-0.39, 0.29) is 54.6 Å². The highest BCUT2D eigenvalue weighted by Crippen LogP contribution is 2.47. The Morgan fingerprint density at radius 2 is 1.68 bits per heavy atom. The van der Waals surface area contributed by atoms with E-state index in [0.717, 1.165) is 35.4 Å². The standard InChI is InChI=1S/C41H49N3O5Si/c1-27-37(21-12-28-8-7-11-33(22-28)43-41(47)29-13-15-32(42)16-14-29)49-38(40(27)50(3,4)36-19-17-35(48-2)18-20-36)24-39(46)44-25-31-10-6-5-9-30(31)23-34(44)26-45/h5-11,13-20,22,27,34,37-38,40,45H,12,21,23-26,42H2,1-4H3,(H,43,47)/t27-,34+,37+,38-,40+/m1/s1. The normalized spacial score (nSPS) is 21.8. The van der Waals surface area contributed by atoms with E-state index < -0.39 is 8.07 Å². The molecule has 262 valence electrons.